The van der Waals surface area contributed by atoms with E-state index in [1.165, 1.54) is 25.2 Å². The van der Waals surface area contributed by atoms with Crippen molar-refractivity contribution in [2.45, 2.75) is 52.7 Å². The van der Waals surface area contributed by atoms with E-state index in [1.54, 1.807) is 20.8 Å². The van der Waals surface area contributed by atoms with Crippen molar-refractivity contribution in [3.05, 3.63) is 33.9 Å². The van der Waals surface area contributed by atoms with Gasteiger partial charge in [0.1, 0.15) is 17.3 Å². The SMILES string of the molecule is CNC(=O)c1ccc(NC(CC(C)C)C(=O)OC(C)(C)C)c([N+](=O)[O-])c1. The third kappa shape index (κ3) is 6.34. The second-order valence-electron chi connectivity index (χ2n) is 7.43. The Morgan fingerprint density at radius 3 is 2.35 bits per heavy atom. The Morgan fingerprint density at radius 1 is 1.27 bits per heavy atom. The van der Waals surface area contributed by atoms with Crippen LogP contribution in [0.3, 0.4) is 0 Å². The predicted octanol–water partition coefficient (Wildman–Crippen LogP) is 3.12. The Morgan fingerprint density at radius 2 is 1.88 bits per heavy atom. The number of benzene rings is 1. The lowest BCUT2D eigenvalue weighted by molar-refractivity contribution is -0.384. The number of nitro benzene ring substituents is 1. The van der Waals surface area contributed by atoms with E-state index in [2.05, 4.69) is 10.6 Å². The smallest absolute Gasteiger partial charge is 0.329 e. The molecular formula is C18H27N3O5. The average molecular weight is 365 g/mol. The molecule has 0 aliphatic rings. The van der Waals surface area contributed by atoms with E-state index in [9.17, 15) is 19.7 Å². The highest BCUT2D eigenvalue weighted by Crippen LogP contribution is 2.28. The molecule has 8 heteroatoms. The molecule has 1 aromatic carbocycles. The van der Waals surface area contributed by atoms with E-state index in [-0.39, 0.29) is 22.9 Å². The number of carbonyl (C=O) groups excluding carboxylic acids is 2. The lowest BCUT2D eigenvalue weighted by atomic mass is 10.0. The van der Waals surface area contributed by atoms with Gasteiger partial charge in [-0.25, -0.2) is 4.79 Å². The van der Waals surface area contributed by atoms with Crippen molar-refractivity contribution in [2.75, 3.05) is 12.4 Å². The van der Waals surface area contributed by atoms with Crippen molar-refractivity contribution < 1.29 is 19.2 Å². The molecule has 8 nitrogen and oxygen atoms in total. The van der Waals surface area contributed by atoms with E-state index in [0.717, 1.165) is 0 Å². The summed E-state index contributed by atoms with van der Waals surface area (Å²) in [6.45, 7) is 9.18. The molecule has 0 radical (unpaired) electrons. The van der Waals surface area contributed by atoms with Gasteiger partial charge in [-0.05, 0) is 45.2 Å². The van der Waals surface area contributed by atoms with Gasteiger partial charge in [0, 0.05) is 18.7 Å². The van der Waals surface area contributed by atoms with Crippen LogP contribution in [0.4, 0.5) is 11.4 Å². The van der Waals surface area contributed by atoms with Gasteiger partial charge in [-0.2, -0.15) is 0 Å². The van der Waals surface area contributed by atoms with E-state index >= 15 is 0 Å². The first-order chi connectivity index (χ1) is 11.9. The summed E-state index contributed by atoms with van der Waals surface area (Å²) in [5, 5.41) is 16.7. The van der Waals surface area contributed by atoms with Gasteiger partial charge < -0.3 is 15.4 Å². The fourth-order valence-electron chi connectivity index (χ4n) is 2.34. The summed E-state index contributed by atoms with van der Waals surface area (Å²) >= 11 is 0. The zero-order chi connectivity index (χ0) is 20.1. The first-order valence-electron chi connectivity index (χ1n) is 8.44. The molecule has 144 valence electrons. The second kappa shape index (κ2) is 8.64. The Labute approximate surface area is 153 Å². The van der Waals surface area contributed by atoms with Gasteiger partial charge in [0.2, 0.25) is 0 Å². The van der Waals surface area contributed by atoms with Crippen LogP contribution in [0.25, 0.3) is 0 Å². The average Bonchev–Trinajstić information content (AvgIpc) is 2.51. The number of amides is 1. The molecule has 0 aromatic heterocycles. The maximum Gasteiger partial charge on any atom is 0.329 e. The fourth-order valence-corrected chi connectivity index (χ4v) is 2.34. The summed E-state index contributed by atoms with van der Waals surface area (Å²) in [6.07, 6.45) is 0.448. The minimum absolute atomic E-state index is 0.166. The van der Waals surface area contributed by atoms with Crippen molar-refractivity contribution in [1.82, 2.24) is 5.32 Å². The maximum absolute atomic E-state index is 12.5. The van der Waals surface area contributed by atoms with E-state index in [0.29, 0.717) is 6.42 Å². The van der Waals surface area contributed by atoms with Crippen molar-refractivity contribution in [2.24, 2.45) is 5.92 Å². The van der Waals surface area contributed by atoms with Gasteiger partial charge in [-0.1, -0.05) is 13.8 Å². The summed E-state index contributed by atoms with van der Waals surface area (Å²) < 4.78 is 5.42. The number of ether oxygens (including phenoxy) is 1. The summed E-state index contributed by atoms with van der Waals surface area (Å²) in [5.41, 5.74) is -0.604. The maximum atomic E-state index is 12.5. The van der Waals surface area contributed by atoms with Crippen LogP contribution in [0, 0.1) is 16.0 Å². The van der Waals surface area contributed by atoms with Crippen LogP contribution in [0.2, 0.25) is 0 Å². The Kier molecular flexibility index (Phi) is 7.11. The third-order valence-electron chi connectivity index (χ3n) is 3.41. The van der Waals surface area contributed by atoms with Gasteiger partial charge in [-0.15, -0.1) is 0 Å². The van der Waals surface area contributed by atoms with E-state index in [4.69, 9.17) is 4.74 Å². The molecule has 1 atom stereocenters. The van der Waals surface area contributed by atoms with Crippen LogP contribution in [0.1, 0.15) is 51.4 Å². The van der Waals surface area contributed by atoms with Crippen molar-refractivity contribution in [1.29, 1.82) is 0 Å². The van der Waals surface area contributed by atoms with Crippen LogP contribution >= 0.6 is 0 Å². The summed E-state index contributed by atoms with van der Waals surface area (Å²) in [6, 6.07) is 3.34. The highest BCUT2D eigenvalue weighted by molar-refractivity contribution is 5.95. The first kappa shape index (κ1) is 21.4. The number of anilines is 1. The lowest BCUT2D eigenvalue weighted by Gasteiger charge is -2.26. The molecule has 1 amide bonds. The molecule has 0 aliphatic heterocycles. The zero-order valence-corrected chi connectivity index (χ0v) is 16.1. The number of carbonyl (C=O) groups is 2. The summed E-state index contributed by atoms with van der Waals surface area (Å²) in [4.78, 5) is 35.0. The highest BCUT2D eigenvalue weighted by atomic mass is 16.6. The molecule has 1 rings (SSSR count). The molecule has 0 spiro atoms. The monoisotopic (exact) mass is 365 g/mol. The first-order valence-corrected chi connectivity index (χ1v) is 8.44. The quantitative estimate of drug-likeness (QED) is 0.436. The second-order valence-corrected chi connectivity index (χ2v) is 7.43. The predicted molar refractivity (Wildman–Crippen MR) is 99.2 cm³/mol. The van der Waals surface area contributed by atoms with Crippen LogP contribution in [0.5, 0.6) is 0 Å². The minimum atomic E-state index is -0.737. The zero-order valence-electron chi connectivity index (χ0n) is 16.1. The summed E-state index contributed by atoms with van der Waals surface area (Å²) in [5.74, 6) is -0.731. The van der Waals surface area contributed by atoms with Gasteiger partial charge in [0.15, 0.2) is 0 Å². The molecule has 0 fully saturated rings. The molecule has 0 aliphatic carbocycles. The Balaban J connectivity index is 3.18. The Hall–Kier alpha value is -2.64. The molecule has 2 N–H and O–H groups in total. The standard InChI is InChI=1S/C18H27N3O5/c1-11(2)9-14(17(23)26-18(3,4)5)20-13-8-7-12(16(22)19-6)10-15(13)21(24)25/h7-8,10-11,14,20H,9H2,1-6H3,(H,19,22). The van der Waals surface area contributed by atoms with Gasteiger partial charge >= 0.3 is 5.97 Å². The number of rotatable bonds is 7. The molecule has 26 heavy (non-hydrogen) atoms. The Bertz CT molecular complexity index is 680. The highest BCUT2D eigenvalue weighted by Gasteiger charge is 2.28. The minimum Gasteiger partial charge on any atom is -0.458 e. The van der Waals surface area contributed by atoms with E-state index in [1.807, 2.05) is 13.8 Å². The fraction of sp³-hybridized carbons (Fsp3) is 0.556. The number of hydrogen-bond donors (Lipinski definition) is 2. The van der Waals surface area contributed by atoms with Crippen LogP contribution in [-0.2, 0) is 9.53 Å². The number of hydrogen-bond acceptors (Lipinski definition) is 6. The normalized spacial score (nSPS) is 12.4. The van der Waals surface area contributed by atoms with Gasteiger partial charge in [0.25, 0.3) is 11.6 Å². The number of nitrogens with one attached hydrogen (secondary N) is 2. The number of nitro groups is 1. The van der Waals surface area contributed by atoms with Crippen molar-refractivity contribution in [3.8, 4) is 0 Å². The summed E-state index contributed by atoms with van der Waals surface area (Å²) in [7, 11) is 1.45. The van der Waals surface area contributed by atoms with Gasteiger partial charge in [-0.3, -0.25) is 14.9 Å². The number of nitrogens with zero attached hydrogens (tertiary/aromatic N) is 1. The molecule has 1 unspecified atom stereocenters. The van der Waals surface area contributed by atoms with Gasteiger partial charge in [0.05, 0.1) is 4.92 Å². The van der Waals surface area contributed by atoms with Crippen LogP contribution < -0.4 is 10.6 Å². The largest absolute Gasteiger partial charge is 0.458 e. The molecule has 0 heterocycles. The van der Waals surface area contributed by atoms with Crippen LogP contribution in [0.15, 0.2) is 18.2 Å². The van der Waals surface area contributed by atoms with Crippen molar-refractivity contribution in [3.63, 3.8) is 0 Å². The molecule has 0 saturated heterocycles. The number of esters is 1. The molecular weight excluding hydrogens is 338 g/mol. The lowest BCUT2D eigenvalue weighted by Crippen LogP contribution is -2.37. The third-order valence-corrected chi connectivity index (χ3v) is 3.41. The molecule has 0 saturated carbocycles. The van der Waals surface area contributed by atoms with E-state index < -0.39 is 28.4 Å². The topological polar surface area (TPSA) is 111 Å². The van der Waals surface area contributed by atoms with Crippen LogP contribution in [-0.4, -0.2) is 35.5 Å². The van der Waals surface area contributed by atoms with Crippen molar-refractivity contribution >= 4 is 23.3 Å². The molecule has 1 aromatic rings. The molecule has 0 bridgehead atoms.